The lowest BCUT2D eigenvalue weighted by Crippen LogP contribution is -2.36. The summed E-state index contributed by atoms with van der Waals surface area (Å²) in [5.41, 5.74) is 5.13. The molecule has 0 aromatic carbocycles. The normalized spacial score (nSPS) is 11.2. The Morgan fingerprint density at radius 3 is 2.86 bits per heavy atom. The van der Waals surface area contributed by atoms with Crippen LogP contribution in [0.4, 0.5) is 5.82 Å². The first kappa shape index (κ1) is 16.8. The smallest absolute Gasteiger partial charge is 0.326 e. The second-order valence-corrected chi connectivity index (χ2v) is 5.01. The van der Waals surface area contributed by atoms with Crippen molar-refractivity contribution < 1.29 is 19.5 Å². The Bertz CT molecular complexity index is 472. The van der Waals surface area contributed by atoms with Crippen LogP contribution in [0.25, 0.3) is 0 Å². The number of anilines is 1. The second-order valence-electron chi connectivity index (χ2n) is 3.90. The number of hydrazine groups is 1. The molecule has 0 aliphatic carbocycles. The van der Waals surface area contributed by atoms with Crippen molar-refractivity contribution in [1.29, 1.82) is 0 Å². The maximum atomic E-state index is 11.5. The monoisotopic (exact) mass is 312 g/mol. The standard InChI is InChI=1S/C12H16N4O4S/c17-8-14-9(12(19)20)4-6-21-7-11(18)16-15-10-3-1-2-5-13-10/h1-3,5,8-9H,4,6-7H2,(H,13,15)(H,14,17)(H,16,18)(H,19,20). The van der Waals surface area contributed by atoms with Crippen LogP contribution in [-0.2, 0) is 14.4 Å². The summed E-state index contributed by atoms with van der Waals surface area (Å²) >= 11 is 1.28. The first-order valence-corrected chi connectivity index (χ1v) is 7.25. The average molecular weight is 312 g/mol. The zero-order valence-electron chi connectivity index (χ0n) is 11.1. The van der Waals surface area contributed by atoms with Gasteiger partial charge in [0.15, 0.2) is 0 Å². The van der Waals surface area contributed by atoms with Crippen LogP contribution in [-0.4, -0.2) is 45.9 Å². The molecule has 0 spiro atoms. The van der Waals surface area contributed by atoms with E-state index in [0.717, 1.165) is 0 Å². The number of aromatic nitrogens is 1. The topological polar surface area (TPSA) is 120 Å². The van der Waals surface area contributed by atoms with E-state index in [4.69, 9.17) is 5.11 Å². The first-order chi connectivity index (χ1) is 10.1. The fraction of sp³-hybridized carbons (Fsp3) is 0.333. The summed E-state index contributed by atoms with van der Waals surface area (Å²) in [6, 6.07) is 4.32. The Kier molecular flexibility index (Phi) is 7.65. The minimum Gasteiger partial charge on any atom is -0.480 e. The van der Waals surface area contributed by atoms with Gasteiger partial charge in [0, 0.05) is 6.20 Å². The van der Waals surface area contributed by atoms with Gasteiger partial charge in [0.1, 0.15) is 11.9 Å². The number of nitrogens with zero attached hydrogens (tertiary/aromatic N) is 1. The molecule has 1 heterocycles. The van der Waals surface area contributed by atoms with Crippen molar-refractivity contribution in [2.24, 2.45) is 0 Å². The second kappa shape index (κ2) is 9.59. The van der Waals surface area contributed by atoms with E-state index in [1.165, 1.54) is 11.8 Å². The number of aliphatic carboxylic acids is 1. The molecule has 0 saturated carbocycles. The van der Waals surface area contributed by atoms with Gasteiger partial charge in [-0.3, -0.25) is 20.4 Å². The Hall–Kier alpha value is -2.29. The van der Waals surface area contributed by atoms with Crippen LogP contribution in [0.2, 0.25) is 0 Å². The Morgan fingerprint density at radius 2 is 2.24 bits per heavy atom. The van der Waals surface area contributed by atoms with E-state index in [0.29, 0.717) is 18.0 Å². The minimum atomic E-state index is -1.09. The largest absolute Gasteiger partial charge is 0.480 e. The lowest BCUT2D eigenvalue weighted by atomic mass is 10.2. The molecule has 1 rings (SSSR count). The highest BCUT2D eigenvalue weighted by atomic mass is 32.2. The van der Waals surface area contributed by atoms with Gasteiger partial charge in [-0.1, -0.05) is 6.07 Å². The lowest BCUT2D eigenvalue weighted by molar-refractivity contribution is -0.140. The van der Waals surface area contributed by atoms with Gasteiger partial charge in [-0.2, -0.15) is 11.8 Å². The van der Waals surface area contributed by atoms with Crippen LogP contribution in [0.15, 0.2) is 24.4 Å². The predicted molar refractivity (Wildman–Crippen MR) is 78.6 cm³/mol. The van der Waals surface area contributed by atoms with Crippen LogP contribution in [0.5, 0.6) is 0 Å². The molecule has 0 saturated heterocycles. The highest BCUT2D eigenvalue weighted by Gasteiger charge is 2.15. The molecule has 8 nitrogen and oxygen atoms in total. The third-order valence-electron chi connectivity index (χ3n) is 2.35. The van der Waals surface area contributed by atoms with Gasteiger partial charge in [-0.15, -0.1) is 0 Å². The van der Waals surface area contributed by atoms with E-state index < -0.39 is 12.0 Å². The van der Waals surface area contributed by atoms with E-state index in [2.05, 4.69) is 21.2 Å². The fourth-order valence-electron chi connectivity index (χ4n) is 1.33. The number of carbonyl (C=O) groups is 3. The molecular formula is C12H16N4O4S. The van der Waals surface area contributed by atoms with Gasteiger partial charge in [-0.05, 0) is 24.3 Å². The molecule has 0 fully saturated rings. The number of rotatable bonds is 10. The molecule has 2 amide bonds. The molecular weight excluding hydrogens is 296 g/mol. The number of carboxylic acids is 1. The van der Waals surface area contributed by atoms with E-state index in [1.54, 1.807) is 24.4 Å². The third kappa shape index (κ3) is 7.16. The molecule has 114 valence electrons. The van der Waals surface area contributed by atoms with Gasteiger partial charge in [-0.25, -0.2) is 9.78 Å². The number of thioether (sulfide) groups is 1. The summed E-state index contributed by atoms with van der Waals surface area (Å²) in [6.45, 7) is 0. The van der Waals surface area contributed by atoms with Crippen LogP contribution in [0.3, 0.4) is 0 Å². The van der Waals surface area contributed by atoms with Crippen LogP contribution < -0.4 is 16.2 Å². The summed E-state index contributed by atoms with van der Waals surface area (Å²) in [5, 5.41) is 11.0. The lowest BCUT2D eigenvalue weighted by Gasteiger charge is -2.10. The number of carbonyl (C=O) groups excluding carboxylic acids is 2. The van der Waals surface area contributed by atoms with Gasteiger partial charge in [0.2, 0.25) is 12.3 Å². The number of pyridine rings is 1. The van der Waals surface area contributed by atoms with Crippen LogP contribution >= 0.6 is 11.8 Å². The zero-order valence-corrected chi connectivity index (χ0v) is 11.9. The number of hydrogen-bond acceptors (Lipinski definition) is 6. The Labute approximate surface area is 125 Å². The number of carboxylic acid groups (broad SMARTS) is 1. The number of nitrogens with one attached hydrogen (secondary N) is 3. The van der Waals surface area contributed by atoms with Gasteiger partial charge < -0.3 is 10.4 Å². The third-order valence-corrected chi connectivity index (χ3v) is 3.34. The Balaban J connectivity index is 2.15. The molecule has 1 unspecified atom stereocenters. The molecule has 1 aromatic rings. The van der Waals surface area contributed by atoms with Crippen molar-refractivity contribution in [2.45, 2.75) is 12.5 Å². The average Bonchev–Trinajstić information content (AvgIpc) is 2.49. The van der Waals surface area contributed by atoms with Crippen LogP contribution in [0, 0.1) is 0 Å². The summed E-state index contributed by atoms with van der Waals surface area (Å²) in [5.74, 6) is -0.205. The molecule has 1 aromatic heterocycles. The first-order valence-electron chi connectivity index (χ1n) is 6.09. The van der Waals surface area contributed by atoms with E-state index >= 15 is 0 Å². The quantitative estimate of drug-likeness (QED) is 0.269. The van der Waals surface area contributed by atoms with Crippen molar-refractivity contribution in [3.05, 3.63) is 24.4 Å². The van der Waals surface area contributed by atoms with E-state index in [1.807, 2.05) is 0 Å². The summed E-state index contributed by atoms with van der Waals surface area (Å²) in [4.78, 5) is 36.5. The number of hydrogen-bond donors (Lipinski definition) is 4. The number of amides is 2. The zero-order chi connectivity index (χ0) is 15.5. The van der Waals surface area contributed by atoms with Gasteiger partial charge in [0.05, 0.1) is 5.75 Å². The van der Waals surface area contributed by atoms with Gasteiger partial charge in [0.25, 0.3) is 0 Å². The fourth-order valence-corrected chi connectivity index (χ4v) is 2.14. The maximum Gasteiger partial charge on any atom is 0.326 e. The molecule has 0 bridgehead atoms. The van der Waals surface area contributed by atoms with Crippen molar-refractivity contribution >= 4 is 35.9 Å². The van der Waals surface area contributed by atoms with Crippen molar-refractivity contribution in [2.75, 3.05) is 16.9 Å². The molecule has 0 aliphatic heterocycles. The van der Waals surface area contributed by atoms with Crippen molar-refractivity contribution in [3.8, 4) is 0 Å². The molecule has 21 heavy (non-hydrogen) atoms. The summed E-state index contributed by atoms with van der Waals surface area (Å²) < 4.78 is 0. The molecule has 0 aliphatic rings. The summed E-state index contributed by atoms with van der Waals surface area (Å²) in [6.07, 6.45) is 2.20. The van der Waals surface area contributed by atoms with E-state index in [9.17, 15) is 14.4 Å². The maximum absolute atomic E-state index is 11.5. The van der Waals surface area contributed by atoms with Crippen LogP contribution in [0.1, 0.15) is 6.42 Å². The predicted octanol–water partition coefficient (Wildman–Crippen LogP) is -0.153. The molecule has 9 heteroatoms. The van der Waals surface area contributed by atoms with Gasteiger partial charge >= 0.3 is 5.97 Å². The van der Waals surface area contributed by atoms with Crippen molar-refractivity contribution in [3.63, 3.8) is 0 Å². The van der Waals surface area contributed by atoms with E-state index in [-0.39, 0.29) is 18.1 Å². The highest BCUT2D eigenvalue weighted by molar-refractivity contribution is 7.99. The highest BCUT2D eigenvalue weighted by Crippen LogP contribution is 2.05. The SMILES string of the molecule is O=CNC(CCSCC(=O)NNc1ccccn1)C(=O)O. The summed E-state index contributed by atoms with van der Waals surface area (Å²) in [7, 11) is 0. The minimum absolute atomic E-state index is 0.174. The van der Waals surface area contributed by atoms with Crippen molar-refractivity contribution in [1.82, 2.24) is 15.7 Å². The molecule has 1 atom stereocenters. The molecule has 4 N–H and O–H groups in total. The molecule has 0 radical (unpaired) electrons. The Morgan fingerprint density at radius 1 is 1.43 bits per heavy atom.